The lowest BCUT2D eigenvalue weighted by Gasteiger charge is -2.16. The quantitative estimate of drug-likeness (QED) is 0.807. The van der Waals surface area contributed by atoms with Gasteiger partial charge in [-0.25, -0.2) is 4.79 Å². The molecule has 4 heteroatoms. The molecule has 1 fully saturated rings. The standard InChI is InChI=1S/C14H21N3O/c18-14(16-11-12-6-5-9-15-10-12)17-13-7-3-1-2-4-8-13/h5-6,9-10,13H,1-4,7-8,11H2,(H2,16,17,18). The van der Waals surface area contributed by atoms with Gasteiger partial charge >= 0.3 is 6.03 Å². The van der Waals surface area contributed by atoms with Gasteiger partial charge in [0.05, 0.1) is 0 Å². The lowest BCUT2D eigenvalue weighted by Crippen LogP contribution is -2.41. The molecule has 1 saturated carbocycles. The molecule has 0 unspecified atom stereocenters. The Kier molecular flexibility index (Phi) is 5.00. The van der Waals surface area contributed by atoms with E-state index in [1.165, 1.54) is 25.7 Å². The van der Waals surface area contributed by atoms with E-state index in [1.54, 1.807) is 12.4 Å². The first-order chi connectivity index (χ1) is 8.84. The van der Waals surface area contributed by atoms with E-state index in [0.29, 0.717) is 12.6 Å². The molecule has 2 amide bonds. The first-order valence-corrected chi connectivity index (χ1v) is 6.78. The van der Waals surface area contributed by atoms with Gasteiger partial charge in [-0.2, -0.15) is 0 Å². The van der Waals surface area contributed by atoms with E-state index in [4.69, 9.17) is 0 Å². The first kappa shape index (κ1) is 12.9. The molecule has 0 saturated heterocycles. The number of hydrogen-bond donors (Lipinski definition) is 2. The van der Waals surface area contributed by atoms with E-state index < -0.39 is 0 Å². The average Bonchev–Trinajstić information content (AvgIpc) is 2.66. The van der Waals surface area contributed by atoms with Crippen LogP contribution in [0.4, 0.5) is 4.79 Å². The van der Waals surface area contributed by atoms with Crippen molar-refractivity contribution in [1.29, 1.82) is 0 Å². The fourth-order valence-electron chi connectivity index (χ4n) is 2.35. The van der Waals surface area contributed by atoms with Gasteiger partial charge in [0.1, 0.15) is 0 Å². The van der Waals surface area contributed by atoms with Crippen LogP contribution < -0.4 is 10.6 Å². The normalized spacial score (nSPS) is 16.9. The molecule has 0 radical (unpaired) electrons. The van der Waals surface area contributed by atoms with Crippen molar-refractivity contribution in [3.8, 4) is 0 Å². The molecule has 0 bridgehead atoms. The number of hydrogen-bond acceptors (Lipinski definition) is 2. The Hall–Kier alpha value is -1.58. The lowest BCUT2D eigenvalue weighted by molar-refractivity contribution is 0.235. The summed E-state index contributed by atoms with van der Waals surface area (Å²) in [6.45, 7) is 0.534. The Morgan fingerprint density at radius 1 is 1.28 bits per heavy atom. The summed E-state index contributed by atoms with van der Waals surface area (Å²) < 4.78 is 0. The van der Waals surface area contributed by atoms with Crippen molar-refractivity contribution in [2.45, 2.75) is 51.1 Å². The SMILES string of the molecule is O=C(NCc1cccnc1)NC1CCCCCC1. The summed E-state index contributed by atoms with van der Waals surface area (Å²) >= 11 is 0. The van der Waals surface area contributed by atoms with Crippen molar-refractivity contribution >= 4 is 6.03 Å². The third kappa shape index (κ3) is 4.35. The smallest absolute Gasteiger partial charge is 0.315 e. The van der Waals surface area contributed by atoms with Crippen LogP contribution in [0.5, 0.6) is 0 Å². The average molecular weight is 247 g/mol. The Balaban J connectivity index is 1.71. The van der Waals surface area contributed by atoms with E-state index >= 15 is 0 Å². The molecule has 4 nitrogen and oxygen atoms in total. The highest BCUT2D eigenvalue weighted by molar-refractivity contribution is 5.74. The number of pyridine rings is 1. The second-order valence-corrected chi connectivity index (χ2v) is 4.88. The molecule has 0 aromatic carbocycles. The topological polar surface area (TPSA) is 54.0 Å². The van der Waals surface area contributed by atoms with Crippen molar-refractivity contribution in [3.63, 3.8) is 0 Å². The van der Waals surface area contributed by atoms with Crippen molar-refractivity contribution in [1.82, 2.24) is 15.6 Å². The maximum absolute atomic E-state index is 11.8. The van der Waals surface area contributed by atoms with Gasteiger partial charge in [-0.1, -0.05) is 31.7 Å². The molecule has 0 atom stereocenters. The predicted molar refractivity (Wildman–Crippen MR) is 71.1 cm³/mol. The van der Waals surface area contributed by atoms with Crippen molar-refractivity contribution < 1.29 is 4.79 Å². The fourth-order valence-corrected chi connectivity index (χ4v) is 2.35. The summed E-state index contributed by atoms with van der Waals surface area (Å²) in [5.74, 6) is 0. The van der Waals surface area contributed by atoms with Crippen molar-refractivity contribution in [3.05, 3.63) is 30.1 Å². The molecule has 0 spiro atoms. The highest BCUT2D eigenvalue weighted by Crippen LogP contribution is 2.16. The van der Waals surface area contributed by atoms with Crippen LogP contribution in [-0.2, 0) is 6.54 Å². The molecule has 98 valence electrons. The number of amides is 2. The summed E-state index contributed by atoms with van der Waals surface area (Å²) in [5.41, 5.74) is 1.02. The fraction of sp³-hybridized carbons (Fsp3) is 0.571. The van der Waals surface area contributed by atoms with Crippen molar-refractivity contribution in [2.24, 2.45) is 0 Å². The second-order valence-electron chi connectivity index (χ2n) is 4.88. The van der Waals surface area contributed by atoms with Crippen LogP contribution in [0.15, 0.2) is 24.5 Å². The zero-order chi connectivity index (χ0) is 12.6. The number of nitrogens with one attached hydrogen (secondary N) is 2. The van der Waals surface area contributed by atoms with E-state index in [1.807, 2.05) is 12.1 Å². The van der Waals surface area contributed by atoms with Gasteiger partial charge in [0.25, 0.3) is 0 Å². The van der Waals surface area contributed by atoms with Crippen LogP contribution in [-0.4, -0.2) is 17.1 Å². The minimum Gasteiger partial charge on any atom is -0.335 e. The Labute approximate surface area is 108 Å². The lowest BCUT2D eigenvalue weighted by atomic mass is 10.1. The minimum absolute atomic E-state index is 0.0641. The van der Waals surface area contributed by atoms with E-state index in [0.717, 1.165) is 18.4 Å². The number of aromatic nitrogens is 1. The molecule has 0 aliphatic heterocycles. The Morgan fingerprint density at radius 3 is 2.72 bits per heavy atom. The highest BCUT2D eigenvalue weighted by Gasteiger charge is 2.14. The molecule has 18 heavy (non-hydrogen) atoms. The van der Waals surface area contributed by atoms with E-state index in [-0.39, 0.29) is 6.03 Å². The van der Waals surface area contributed by atoms with Gasteiger partial charge in [0.2, 0.25) is 0 Å². The van der Waals surface area contributed by atoms with E-state index in [2.05, 4.69) is 15.6 Å². The Bertz CT molecular complexity index is 359. The largest absolute Gasteiger partial charge is 0.335 e. The molecule has 2 N–H and O–H groups in total. The van der Waals surface area contributed by atoms with Gasteiger partial charge in [-0.05, 0) is 24.5 Å². The van der Waals surface area contributed by atoms with Gasteiger partial charge < -0.3 is 10.6 Å². The summed E-state index contributed by atoms with van der Waals surface area (Å²) in [6, 6.07) is 4.12. The van der Waals surface area contributed by atoms with Crippen LogP contribution in [0.2, 0.25) is 0 Å². The molecule has 1 heterocycles. The summed E-state index contributed by atoms with van der Waals surface area (Å²) in [6.07, 6.45) is 10.8. The number of carbonyl (C=O) groups is 1. The number of nitrogens with zero attached hydrogens (tertiary/aromatic N) is 1. The predicted octanol–water partition coefficient (Wildman–Crippen LogP) is 2.60. The molecular formula is C14H21N3O. The molecule has 1 aromatic rings. The highest BCUT2D eigenvalue weighted by atomic mass is 16.2. The van der Waals surface area contributed by atoms with Gasteiger partial charge in [-0.15, -0.1) is 0 Å². The van der Waals surface area contributed by atoms with Crippen LogP contribution >= 0.6 is 0 Å². The molecule has 1 aliphatic rings. The minimum atomic E-state index is -0.0641. The van der Waals surface area contributed by atoms with E-state index in [9.17, 15) is 4.79 Å². The third-order valence-corrected chi connectivity index (χ3v) is 3.37. The third-order valence-electron chi connectivity index (χ3n) is 3.37. The number of urea groups is 1. The van der Waals surface area contributed by atoms with Crippen LogP contribution in [0, 0.1) is 0 Å². The number of carbonyl (C=O) groups excluding carboxylic acids is 1. The second kappa shape index (κ2) is 6.99. The summed E-state index contributed by atoms with van der Waals surface area (Å²) in [7, 11) is 0. The van der Waals surface area contributed by atoms with Crippen LogP contribution in [0.3, 0.4) is 0 Å². The maximum Gasteiger partial charge on any atom is 0.315 e. The zero-order valence-corrected chi connectivity index (χ0v) is 10.7. The maximum atomic E-state index is 11.8. The molecule has 1 aliphatic carbocycles. The Morgan fingerprint density at radius 2 is 2.06 bits per heavy atom. The molecule has 2 rings (SSSR count). The molecular weight excluding hydrogens is 226 g/mol. The summed E-state index contributed by atoms with van der Waals surface area (Å²) in [5, 5.41) is 5.94. The molecule has 1 aromatic heterocycles. The first-order valence-electron chi connectivity index (χ1n) is 6.78. The van der Waals surface area contributed by atoms with Gasteiger partial charge in [0.15, 0.2) is 0 Å². The van der Waals surface area contributed by atoms with Gasteiger partial charge in [0, 0.05) is 25.0 Å². The van der Waals surface area contributed by atoms with Crippen molar-refractivity contribution in [2.75, 3.05) is 0 Å². The monoisotopic (exact) mass is 247 g/mol. The number of rotatable bonds is 3. The van der Waals surface area contributed by atoms with Gasteiger partial charge in [-0.3, -0.25) is 4.98 Å². The zero-order valence-electron chi connectivity index (χ0n) is 10.7. The summed E-state index contributed by atoms with van der Waals surface area (Å²) in [4.78, 5) is 15.8. The van der Waals surface area contributed by atoms with Crippen LogP contribution in [0.25, 0.3) is 0 Å². The van der Waals surface area contributed by atoms with Crippen LogP contribution in [0.1, 0.15) is 44.1 Å².